The smallest absolute Gasteiger partial charge is 0.345 e. The number of hydrogen-bond donors (Lipinski definition) is 0. The first-order valence-corrected chi connectivity index (χ1v) is 9.41. The lowest BCUT2D eigenvalue weighted by Gasteiger charge is -2.20. The minimum Gasteiger partial charge on any atom is -0.493 e. The quantitative estimate of drug-likeness (QED) is 0.485. The summed E-state index contributed by atoms with van der Waals surface area (Å²) in [6.45, 7) is 4.93. The lowest BCUT2D eigenvalue weighted by molar-refractivity contribution is -0.153. The zero-order chi connectivity index (χ0) is 19.9. The third kappa shape index (κ3) is 5.11. The van der Waals surface area contributed by atoms with E-state index in [1.165, 1.54) is 4.90 Å². The van der Waals surface area contributed by atoms with Gasteiger partial charge in [-0.2, -0.15) is 0 Å². The molecular formula is C20H28FNO5. The summed E-state index contributed by atoms with van der Waals surface area (Å²) in [4.78, 5) is 25.9. The second kappa shape index (κ2) is 9.58. The van der Waals surface area contributed by atoms with Crippen molar-refractivity contribution in [1.29, 1.82) is 0 Å². The predicted molar refractivity (Wildman–Crippen MR) is 99.0 cm³/mol. The molecule has 1 saturated heterocycles. The third-order valence-electron chi connectivity index (χ3n) is 4.47. The van der Waals surface area contributed by atoms with Gasteiger partial charge in [0.1, 0.15) is 11.5 Å². The van der Waals surface area contributed by atoms with Crippen molar-refractivity contribution in [2.24, 2.45) is 0 Å². The number of benzene rings is 1. The standard InChI is InChI=1S/C20H28FNO5/c1-4-6-12-27-17-13-15(26-11-5-2)7-8-16(17)18(23)22-10-9-20(21,14-22)19(24)25-3/h7-8,13H,4-6,9-12,14H2,1-3H3. The van der Waals surface area contributed by atoms with Gasteiger partial charge >= 0.3 is 5.97 Å². The fraction of sp³-hybridized carbons (Fsp3) is 0.600. The van der Waals surface area contributed by atoms with Gasteiger partial charge < -0.3 is 19.1 Å². The number of halogens is 1. The largest absolute Gasteiger partial charge is 0.493 e. The summed E-state index contributed by atoms with van der Waals surface area (Å²) in [5.41, 5.74) is -1.82. The van der Waals surface area contributed by atoms with Gasteiger partial charge in [-0.3, -0.25) is 4.79 Å². The van der Waals surface area contributed by atoms with Crippen molar-refractivity contribution in [1.82, 2.24) is 4.90 Å². The van der Waals surface area contributed by atoms with Crippen LogP contribution in [-0.4, -0.2) is 55.9 Å². The Hall–Kier alpha value is -2.31. The van der Waals surface area contributed by atoms with Crippen LogP contribution in [0.4, 0.5) is 4.39 Å². The fourth-order valence-corrected chi connectivity index (χ4v) is 2.90. The molecule has 1 aromatic carbocycles. The molecule has 1 aromatic rings. The maximum Gasteiger partial charge on any atom is 0.345 e. The molecule has 150 valence electrons. The molecule has 1 amide bonds. The van der Waals surface area contributed by atoms with E-state index in [0.29, 0.717) is 30.3 Å². The molecule has 0 aromatic heterocycles. The minimum atomic E-state index is -2.15. The molecule has 1 heterocycles. The number of hydrogen-bond acceptors (Lipinski definition) is 5. The topological polar surface area (TPSA) is 65.1 Å². The van der Waals surface area contributed by atoms with Crippen LogP contribution in [0.25, 0.3) is 0 Å². The van der Waals surface area contributed by atoms with E-state index in [0.717, 1.165) is 26.4 Å². The average molecular weight is 381 g/mol. The molecule has 1 fully saturated rings. The van der Waals surface area contributed by atoms with Crippen molar-refractivity contribution in [2.75, 3.05) is 33.4 Å². The third-order valence-corrected chi connectivity index (χ3v) is 4.47. The van der Waals surface area contributed by atoms with Gasteiger partial charge in [-0.05, 0) is 25.0 Å². The number of carbonyl (C=O) groups excluding carboxylic acids is 2. The van der Waals surface area contributed by atoms with E-state index in [2.05, 4.69) is 4.74 Å². The molecule has 0 spiro atoms. The molecule has 7 heteroatoms. The van der Waals surface area contributed by atoms with Crippen LogP contribution in [-0.2, 0) is 9.53 Å². The zero-order valence-corrected chi connectivity index (χ0v) is 16.3. The summed E-state index contributed by atoms with van der Waals surface area (Å²) in [7, 11) is 1.14. The maximum atomic E-state index is 14.7. The van der Waals surface area contributed by atoms with Gasteiger partial charge in [-0.1, -0.05) is 20.3 Å². The summed E-state index contributed by atoms with van der Waals surface area (Å²) in [5, 5.41) is 0. The highest BCUT2D eigenvalue weighted by Gasteiger charge is 2.48. The van der Waals surface area contributed by atoms with E-state index < -0.39 is 11.6 Å². The molecule has 1 atom stereocenters. The summed E-state index contributed by atoms with van der Waals surface area (Å²) in [6, 6.07) is 5.03. The number of likely N-dealkylation sites (tertiary alicyclic amines) is 1. The number of ether oxygens (including phenoxy) is 3. The lowest BCUT2D eigenvalue weighted by Crippen LogP contribution is -2.39. The van der Waals surface area contributed by atoms with Crippen molar-refractivity contribution in [3.05, 3.63) is 23.8 Å². The van der Waals surface area contributed by atoms with Gasteiger partial charge in [0.25, 0.3) is 5.91 Å². The van der Waals surface area contributed by atoms with Crippen LogP contribution >= 0.6 is 0 Å². The van der Waals surface area contributed by atoms with E-state index in [9.17, 15) is 14.0 Å². The van der Waals surface area contributed by atoms with Crippen molar-refractivity contribution in [3.8, 4) is 11.5 Å². The second-order valence-electron chi connectivity index (χ2n) is 6.64. The first-order valence-electron chi connectivity index (χ1n) is 9.41. The van der Waals surface area contributed by atoms with Gasteiger partial charge in [0.15, 0.2) is 0 Å². The van der Waals surface area contributed by atoms with E-state index in [1.807, 2.05) is 13.8 Å². The number of alkyl halides is 1. The van der Waals surface area contributed by atoms with Crippen molar-refractivity contribution >= 4 is 11.9 Å². The Labute approximate surface area is 159 Å². The highest BCUT2D eigenvalue weighted by Crippen LogP contribution is 2.31. The number of nitrogens with zero attached hydrogens (tertiary/aromatic N) is 1. The predicted octanol–water partition coefficient (Wildman–Crippen LogP) is 3.38. The molecule has 1 aliphatic rings. The van der Waals surface area contributed by atoms with Crippen LogP contribution in [0, 0.1) is 0 Å². The van der Waals surface area contributed by atoms with E-state index >= 15 is 0 Å². The molecular weight excluding hydrogens is 353 g/mol. The molecule has 2 rings (SSSR count). The molecule has 1 unspecified atom stereocenters. The maximum absolute atomic E-state index is 14.7. The van der Waals surface area contributed by atoms with Crippen LogP contribution in [0.1, 0.15) is 49.9 Å². The molecule has 27 heavy (non-hydrogen) atoms. The van der Waals surface area contributed by atoms with Crippen LogP contribution in [0.3, 0.4) is 0 Å². The van der Waals surface area contributed by atoms with E-state index in [1.54, 1.807) is 18.2 Å². The van der Waals surface area contributed by atoms with Gasteiger partial charge in [0.05, 0.1) is 32.4 Å². The summed E-state index contributed by atoms with van der Waals surface area (Å²) >= 11 is 0. The van der Waals surface area contributed by atoms with Crippen molar-refractivity contribution < 1.29 is 28.2 Å². The Morgan fingerprint density at radius 3 is 2.63 bits per heavy atom. The molecule has 0 radical (unpaired) electrons. The second-order valence-corrected chi connectivity index (χ2v) is 6.64. The number of unbranched alkanes of at least 4 members (excludes halogenated alkanes) is 1. The molecule has 0 aliphatic carbocycles. The first kappa shape index (κ1) is 21.0. The number of amides is 1. The van der Waals surface area contributed by atoms with Crippen LogP contribution in [0.15, 0.2) is 18.2 Å². The average Bonchev–Trinajstić information content (AvgIpc) is 3.09. The van der Waals surface area contributed by atoms with Crippen molar-refractivity contribution in [2.45, 2.75) is 45.2 Å². The molecule has 0 saturated carbocycles. The highest BCUT2D eigenvalue weighted by atomic mass is 19.1. The van der Waals surface area contributed by atoms with Crippen LogP contribution in [0.5, 0.6) is 11.5 Å². The minimum absolute atomic E-state index is 0.0743. The Bertz CT molecular complexity index is 666. The SMILES string of the molecule is CCCCOc1cc(OCCC)ccc1C(=O)N1CCC(F)(C(=O)OC)C1. The van der Waals surface area contributed by atoms with E-state index in [4.69, 9.17) is 9.47 Å². The van der Waals surface area contributed by atoms with Crippen LogP contribution in [0.2, 0.25) is 0 Å². The zero-order valence-electron chi connectivity index (χ0n) is 16.3. The van der Waals surface area contributed by atoms with Crippen molar-refractivity contribution in [3.63, 3.8) is 0 Å². The number of esters is 1. The fourth-order valence-electron chi connectivity index (χ4n) is 2.90. The number of methoxy groups -OCH3 is 1. The monoisotopic (exact) mass is 381 g/mol. The van der Waals surface area contributed by atoms with Gasteiger partial charge in [-0.25, -0.2) is 9.18 Å². The Morgan fingerprint density at radius 1 is 1.19 bits per heavy atom. The Balaban J connectivity index is 2.19. The Morgan fingerprint density at radius 2 is 1.96 bits per heavy atom. The lowest BCUT2D eigenvalue weighted by atomic mass is 10.1. The van der Waals surface area contributed by atoms with E-state index in [-0.39, 0.29) is 25.4 Å². The number of rotatable bonds is 9. The molecule has 0 bridgehead atoms. The van der Waals surface area contributed by atoms with Crippen LogP contribution < -0.4 is 9.47 Å². The normalized spacial score (nSPS) is 19.0. The summed E-state index contributed by atoms with van der Waals surface area (Å²) in [5.74, 6) is -0.278. The molecule has 6 nitrogen and oxygen atoms in total. The van der Waals surface area contributed by atoms with Gasteiger partial charge in [0, 0.05) is 19.0 Å². The number of carbonyl (C=O) groups is 2. The summed E-state index contributed by atoms with van der Waals surface area (Å²) in [6.07, 6.45) is 2.61. The first-order chi connectivity index (χ1) is 12.9. The highest BCUT2D eigenvalue weighted by molar-refractivity contribution is 5.98. The van der Waals surface area contributed by atoms with Gasteiger partial charge in [0.2, 0.25) is 5.67 Å². The molecule has 0 N–H and O–H groups in total. The Kier molecular flexibility index (Phi) is 7.45. The molecule has 1 aliphatic heterocycles. The van der Waals surface area contributed by atoms with Gasteiger partial charge in [-0.15, -0.1) is 0 Å². The summed E-state index contributed by atoms with van der Waals surface area (Å²) < 4.78 is 30.6.